The standard InChI is InChI=1S/C20H25N5O2/c1-13-21-18(12-19(22-13)24-15-7-4-3-5-8-15)20(27)25-17-10-6-9-16(11-17)23-14(2)26/h6,9-12,15H,3-5,7-8H2,1-2H3,(H,23,26)(H,25,27)(H,21,22,24). The SMILES string of the molecule is CC(=O)Nc1cccc(NC(=O)c2cc(NC3CCCCC3)nc(C)n2)c1. The first-order valence-electron chi connectivity index (χ1n) is 9.31. The van der Waals surface area contributed by atoms with Crippen LogP contribution in [0, 0.1) is 6.92 Å². The third kappa shape index (κ3) is 5.51. The average molecular weight is 367 g/mol. The van der Waals surface area contributed by atoms with Crippen molar-refractivity contribution in [2.45, 2.75) is 52.0 Å². The summed E-state index contributed by atoms with van der Waals surface area (Å²) in [5.41, 5.74) is 1.52. The molecule has 0 radical (unpaired) electrons. The van der Waals surface area contributed by atoms with Crippen molar-refractivity contribution in [3.63, 3.8) is 0 Å². The molecule has 3 rings (SSSR count). The molecule has 7 heteroatoms. The largest absolute Gasteiger partial charge is 0.367 e. The van der Waals surface area contributed by atoms with Gasteiger partial charge in [0.05, 0.1) is 0 Å². The zero-order valence-electron chi connectivity index (χ0n) is 15.7. The van der Waals surface area contributed by atoms with E-state index in [9.17, 15) is 9.59 Å². The summed E-state index contributed by atoms with van der Waals surface area (Å²) in [7, 11) is 0. The van der Waals surface area contributed by atoms with Gasteiger partial charge in [0.15, 0.2) is 0 Å². The molecule has 0 atom stereocenters. The van der Waals surface area contributed by atoms with Crippen molar-refractivity contribution in [3.8, 4) is 0 Å². The second kappa shape index (κ2) is 8.62. The molecule has 0 aliphatic heterocycles. The second-order valence-corrected chi connectivity index (χ2v) is 6.88. The van der Waals surface area contributed by atoms with Crippen molar-refractivity contribution in [2.24, 2.45) is 0 Å². The van der Waals surface area contributed by atoms with Crippen molar-refractivity contribution in [1.29, 1.82) is 0 Å². The smallest absolute Gasteiger partial charge is 0.274 e. The molecule has 2 aromatic rings. The molecule has 0 spiro atoms. The molecule has 1 fully saturated rings. The molecule has 1 aliphatic carbocycles. The van der Waals surface area contributed by atoms with Gasteiger partial charge in [0, 0.05) is 30.4 Å². The molecular formula is C20H25N5O2. The number of hydrogen-bond donors (Lipinski definition) is 3. The first-order valence-corrected chi connectivity index (χ1v) is 9.31. The van der Waals surface area contributed by atoms with Crippen LogP contribution in [0.15, 0.2) is 30.3 Å². The Morgan fingerprint density at radius 1 is 1.00 bits per heavy atom. The van der Waals surface area contributed by atoms with Crippen molar-refractivity contribution in [1.82, 2.24) is 9.97 Å². The zero-order valence-corrected chi connectivity index (χ0v) is 15.7. The first-order chi connectivity index (χ1) is 13.0. The fraction of sp³-hybridized carbons (Fsp3) is 0.400. The van der Waals surface area contributed by atoms with Gasteiger partial charge in [-0.3, -0.25) is 9.59 Å². The summed E-state index contributed by atoms with van der Waals surface area (Å²) in [5.74, 6) is 0.759. The van der Waals surface area contributed by atoms with Gasteiger partial charge in [-0.25, -0.2) is 9.97 Å². The minimum absolute atomic E-state index is 0.164. The minimum atomic E-state index is -0.313. The minimum Gasteiger partial charge on any atom is -0.367 e. The molecule has 1 saturated carbocycles. The molecule has 1 heterocycles. The molecule has 0 unspecified atom stereocenters. The van der Waals surface area contributed by atoms with E-state index in [1.807, 2.05) is 0 Å². The number of amides is 2. The molecular weight excluding hydrogens is 342 g/mol. The van der Waals surface area contributed by atoms with Crippen molar-refractivity contribution >= 4 is 29.0 Å². The molecule has 27 heavy (non-hydrogen) atoms. The van der Waals surface area contributed by atoms with Gasteiger partial charge in [-0.1, -0.05) is 25.3 Å². The van der Waals surface area contributed by atoms with E-state index >= 15 is 0 Å². The summed E-state index contributed by atoms with van der Waals surface area (Å²) in [5, 5.41) is 8.95. The fourth-order valence-corrected chi connectivity index (χ4v) is 3.29. The third-order valence-electron chi connectivity index (χ3n) is 4.47. The van der Waals surface area contributed by atoms with E-state index in [0.717, 1.165) is 12.8 Å². The molecule has 1 aromatic carbocycles. The van der Waals surface area contributed by atoms with Crippen LogP contribution >= 0.6 is 0 Å². The Morgan fingerprint density at radius 3 is 2.41 bits per heavy atom. The van der Waals surface area contributed by atoms with Gasteiger partial charge < -0.3 is 16.0 Å². The van der Waals surface area contributed by atoms with E-state index in [0.29, 0.717) is 34.8 Å². The summed E-state index contributed by atoms with van der Waals surface area (Å²) < 4.78 is 0. The summed E-state index contributed by atoms with van der Waals surface area (Å²) in [4.78, 5) is 32.5. The highest BCUT2D eigenvalue weighted by atomic mass is 16.2. The number of nitrogens with zero attached hydrogens (tertiary/aromatic N) is 2. The predicted molar refractivity (Wildman–Crippen MR) is 106 cm³/mol. The Hall–Kier alpha value is -2.96. The second-order valence-electron chi connectivity index (χ2n) is 6.88. The molecule has 0 bridgehead atoms. The Bertz CT molecular complexity index is 831. The van der Waals surface area contributed by atoms with Crippen LogP contribution in [0.1, 0.15) is 55.3 Å². The number of rotatable bonds is 5. The molecule has 1 aromatic heterocycles. The van der Waals surface area contributed by atoms with Crippen molar-refractivity contribution in [3.05, 3.63) is 41.9 Å². The monoisotopic (exact) mass is 367 g/mol. The van der Waals surface area contributed by atoms with Crippen LogP contribution in [-0.2, 0) is 4.79 Å². The summed E-state index contributed by atoms with van der Waals surface area (Å²) in [6.45, 7) is 3.22. The van der Waals surface area contributed by atoms with Gasteiger partial charge in [0.1, 0.15) is 17.3 Å². The topological polar surface area (TPSA) is 96.0 Å². The maximum absolute atomic E-state index is 12.6. The molecule has 142 valence electrons. The molecule has 2 amide bonds. The van der Waals surface area contributed by atoms with Crippen molar-refractivity contribution < 1.29 is 9.59 Å². The maximum Gasteiger partial charge on any atom is 0.274 e. The molecule has 7 nitrogen and oxygen atoms in total. The van der Waals surface area contributed by atoms with Gasteiger partial charge in [-0.2, -0.15) is 0 Å². The summed E-state index contributed by atoms with van der Waals surface area (Å²) in [6.07, 6.45) is 5.98. The van der Waals surface area contributed by atoms with Crippen LogP contribution in [0.25, 0.3) is 0 Å². The lowest BCUT2D eigenvalue weighted by atomic mass is 9.95. The van der Waals surface area contributed by atoms with Gasteiger partial charge in [0.2, 0.25) is 5.91 Å². The molecule has 0 saturated heterocycles. The summed E-state index contributed by atoms with van der Waals surface area (Å²) in [6, 6.07) is 9.08. The number of anilines is 3. The number of carbonyl (C=O) groups excluding carboxylic acids is 2. The van der Waals surface area contributed by atoms with Crippen LogP contribution in [0.4, 0.5) is 17.2 Å². The van der Waals surface area contributed by atoms with E-state index in [1.165, 1.54) is 26.2 Å². The number of aryl methyl sites for hydroxylation is 1. The number of benzene rings is 1. The average Bonchev–Trinajstić information content (AvgIpc) is 2.62. The lowest BCUT2D eigenvalue weighted by molar-refractivity contribution is -0.114. The normalized spacial score (nSPS) is 14.4. The number of hydrogen-bond acceptors (Lipinski definition) is 5. The van der Waals surface area contributed by atoms with E-state index in [1.54, 1.807) is 37.3 Å². The number of nitrogens with one attached hydrogen (secondary N) is 3. The first kappa shape index (κ1) is 18.8. The number of aromatic nitrogens is 2. The predicted octanol–water partition coefficient (Wildman–Crippen LogP) is 3.74. The lowest BCUT2D eigenvalue weighted by Crippen LogP contribution is -2.24. The highest BCUT2D eigenvalue weighted by molar-refractivity contribution is 6.03. The zero-order chi connectivity index (χ0) is 19.2. The Balaban J connectivity index is 1.71. The Labute approximate surface area is 159 Å². The quantitative estimate of drug-likeness (QED) is 0.748. The van der Waals surface area contributed by atoms with Gasteiger partial charge in [-0.05, 0) is 38.0 Å². The Morgan fingerprint density at radius 2 is 1.70 bits per heavy atom. The van der Waals surface area contributed by atoms with Gasteiger partial charge in [-0.15, -0.1) is 0 Å². The third-order valence-corrected chi connectivity index (χ3v) is 4.47. The van der Waals surface area contributed by atoms with Crippen LogP contribution in [0.5, 0.6) is 0 Å². The van der Waals surface area contributed by atoms with E-state index in [2.05, 4.69) is 25.9 Å². The number of carbonyl (C=O) groups is 2. The van der Waals surface area contributed by atoms with Crippen LogP contribution < -0.4 is 16.0 Å². The fourth-order valence-electron chi connectivity index (χ4n) is 3.29. The van der Waals surface area contributed by atoms with Crippen LogP contribution in [-0.4, -0.2) is 27.8 Å². The van der Waals surface area contributed by atoms with Gasteiger partial charge in [0.25, 0.3) is 5.91 Å². The highest BCUT2D eigenvalue weighted by Crippen LogP contribution is 2.21. The van der Waals surface area contributed by atoms with E-state index < -0.39 is 0 Å². The molecule has 3 N–H and O–H groups in total. The van der Waals surface area contributed by atoms with Crippen LogP contribution in [0.2, 0.25) is 0 Å². The van der Waals surface area contributed by atoms with E-state index in [4.69, 9.17) is 0 Å². The maximum atomic E-state index is 12.6. The van der Waals surface area contributed by atoms with Crippen LogP contribution in [0.3, 0.4) is 0 Å². The highest BCUT2D eigenvalue weighted by Gasteiger charge is 2.16. The lowest BCUT2D eigenvalue weighted by Gasteiger charge is -2.23. The van der Waals surface area contributed by atoms with Gasteiger partial charge >= 0.3 is 0 Å². The van der Waals surface area contributed by atoms with E-state index in [-0.39, 0.29) is 11.8 Å². The summed E-state index contributed by atoms with van der Waals surface area (Å²) >= 11 is 0. The molecule has 1 aliphatic rings. The van der Waals surface area contributed by atoms with Crippen molar-refractivity contribution in [2.75, 3.05) is 16.0 Å². The Kier molecular flexibility index (Phi) is 6.01.